The standard InChI is InChI=1S/C14H25N3/c1-7-15-11(10-8-16-17(6)9-10)12-13(2,3)14(12,4)5/h8-9,11-12,15H,7H2,1-6H3. The van der Waals surface area contributed by atoms with Gasteiger partial charge in [0.25, 0.3) is 0 Å². The van der Waals surface area contributed by atoms with E-state index in [9.17, 15) is 0 Å². The first-order valence-electron chi connectivity index (χ1n) is 6.54. The Morgan fingerprint density at radius 2 is 1.94 bits per heavy atom. The van der Waals surface area contributed by atoms with E-state index >= 15 is 0 Å². The van der Waals surface area contributed by atoms with Gasteiger partial charge in [-0.15, -0.1) is 0 Å². The number of hydrogen-bond donors (Lipinski definition) is 1. The molecule has 0 amide bonds. The SMILES string of the molecule is CCNC(c1cnn(C)c1)C1C(C)(C)C1(C)C. The Morgan fingerprint density at radius 1 is 1.35 bits per heavy atom. The normalized spacial score (nSPS) is 23.6. The van der Waals surface area contributed by atoms with Crippen LogP contribution in [0.25, 0.3) is 0 Å². The maximum absolute atomic E-state index is 4.30. The van der Waals surface area contributed by atoms with Crippen molar-refractivity contribution in [3.63, 3.8) is 0 Å². The van der Waals surface area contributed by atoms with Crippen LogP contribution in [0.2, 0.25) is 0 Å². The van der Waals surface area contributed by atoms with Crippen LogP contribution >= 0.6 is 0 Å². The number of rotatable bonds is 4. The summed E-state index contributed by atoms with van der Waals surface area (Å²) in [6.07, 6.45) is 4.13. The highest BCUT2D eigenvalue weighted by Crippen LogP contribution is 2.72. The molecule has 1 aromatic rings. The van der Waals surface area contributed by atoms with E-state index in [1.807, 2.05) is 17.9 Å². The summed E-state index contributed by atoms with van der Waals surface area (Å²) in [6, 6.07) is 0.429. The van der Waals surface area contributed by atoms with Crippen LogP contribution in [-0.4, -0.2) is 16.3 Å². The minimum Gasteiger partial charge on any atom is -0.310 e. The zero-order valence-corrected chi connectivity index (χ0v) is 11.9. The fraction of sp³-hybridized carbons (Fsp3) is 0.786. The number of aromatic nitrogens is 2. The van der Waals surface area contributed by atoms with E-state index < -0.39 is 0 Å². The quantitative estimate of drug-likeness (QED) is 0.869. The molecular weight excluding hydrogens is 210 g/mol. The van der Waals surface area contributed by atoms with Crippen molar-refractivity contribution in [3.05, 3.63) is 18.0 Å². The first-order valence-corrected chi connectivity index (χ1v) is 6.54. The molecule has 0 bridgehead atoms. The predicted molar refractivity (Wildman–Crippen MR) is 70.7 cm³/mol. The van der Waals surface area contributed by atoms with E-state index in [1.165, 1.54) is 5.56 Å². The molecule has 1 N–H and O–H groups in total. The predicted octanol–water partition coefficient (Wildman–Crippen LogP) is 2.75. The maximum Gasteiger partial charge on any atom is 0.0537 e. The maximum atomic E-state index is 4.30. The lowest BCUT2D eigenvalue weighted by Crippen LogP contribution is -2.24. The third-order valence-electron chi connectivity index (χ3n) is 4.97. The zero-order valence-electron chi connectivity index (χ0n) is 11.9. The second-order valence-corrected chi connectivity index (χ2v) is 6.40. The van der Waals surface area contributed by atoms with Crippen LogP contribution in [0.3, 0.4) is 0 Å². The van der Waals surface area contributed by atoms with Crippen LogP contribution in [0.5, 0.6) is 0 Å². The van der Waals surface area contributed by atoms with Gasteiger partial charge in [0.1, 0.15) is 0 Å². The van der Waals surface area contributed by atoms with Gasteiger partial charge in [-0.05, 0) is 23.3 Å². The van der Waals surface area contributed by atoms with E-state index in [4.69, 9.17) is 0 Å². The van der Waals surface area contributed by atoms with Gasteiger partial charge in [0, 0.05) is 24.8 Å². The molecule has 1 atom stereocenters. The van der Waals surface area contributed by atoms with Crippen LogP contribution in [-0.2, 0) is 7.05 Å². The Labute approximate surface area is 105 Å². The van der Waals surface area contributed by atoms with E-state index in [-0.39, 0.29) is 0 Å². The molecule has 17 heavy (non-hydrogen) atoms. The fourth-order valence-electron chi connectivity index (χ4n) is 3.33. The minimum atomic E-state index is 0.398. The van der Waals surface area contributed by atoms with E-state index in [0.717, 1.165) is 6.54 Å². The molecule has 0 aliphatic heterocycles. The lowest BCUT2D eigenvalue weighted by atomic mass is 9.99. The molecular formula is C14H25N3. The first kappa shape index (κ1) is 12.6. The summed E-state index contributed by atoms with van der Waals surface area (Å²) in [5.41, 5.74) is 2.11. The molecule has 1 unspecified atom stereocenters. The monoisotopic (exact) mass is 235 g/mol. The Kier molecular flexibility index (Phi) is 2.85. The second-order valence-electron chi connectivity index (χ2n) is 6.40. The molecule has 1 fully saturated rings. The van der Waals surface area contributed by atoms with Gasteiger partial charge in [0.2, 0.25) is 0 Å². The number of nitrogens with one attached hydrogen (secondary N) is 1. The highest BCUT2D eigenvalue weighted by molar-refractivity contribution is 5.24. The Hall–Kier alpha value is -0.830. The summed E-state index contributed by atoms with van der Waals surface area (Å²) >= 11 is 0. The van der Waals surface area contributed by atoms with Crippen molar-refractivity contribution in [1.29, 1.82) is 0 Å². The molecule has 3 heteroatoms. The molecule has 1 aliphatic rings. The van der Waals surface area contributed by atoms with Crippen molar-refractivity contribution >= 4 is 0 Å². The molecule has 1 saturated carbocycles. The fourth-order valence-corrected chi connectivity index (χ4v) is 3.33. The Bertz CT molecular complexity index is 389. The van der Waals surface area contributed by atoms with Crippen LogP contribution < -0.4 is 5.32 Å². The van der Waals surface area contributed by atoms with Gasteiger partial charge in [-0.3, -0.25) is 4.68 Å². The summed E-state index contributed by atoms with van der Waals surface area (Å²) in [5.74, 6) is 0.680. The van der Waals surface area contributed by atoms with Crippen LogP contribution in [0.1, 0.15) is 46.2 Å². The first-order chi connectivity index (χ1) is 7.82. The number of hydrogen-bond acceptors (Lipinski definition) is 2. The van der Waals surface area contributed by atoms with E-state index in [2.05, 4.69) is 51.2 Å². The van der Waals surface area contributed by atoms with Gasteiger partial charge in [0.15, 0.2) is 0 Å². The molecule has 1 aliphatic carbocycles. The molecule has 0 radical (unpaired) electrons. The van der Waals surface area contributed by atoms with Crippen molar-refractivity contribution in [2.75, 3.05) is 6.54 Å². The zero-order chi connectivity index (χ0) is 12.8. The van der Waals surface area contributed by atoms with Gasteiger partial charge in [0.05, 0.1) is 6.20 Å². The van der Waals surface area contributed by atoms with Gasteiger partial charge >= 0.3 is 0 Å². The summed E-state index contributed by atoms with van der Waals surface area (Å²) < 4.78 is 1.89. The summed E-state index contributed by atoms with van der Waals surface area (Å²) in [7, 11) is 1.98. The highest BCUT2D eigenvalue weighted by atomic mass is 15.2. The van der Waals surface area contributed by atoms with Gasteiger partial charge < -0.3 is 5.32 Å². The lowest BCUT2D eigenvalue weighted by Gasteiger charge is -2.18. The molecule has 0 spiro atoms. The van der Waals surface area contributed by atoms with Crippen molar-refractivity contribution in [2.45, 2.75) is 40.7 Å². The third kappa shape index (κ3) is 1.81. The second kappa shape index (κ2) is 3.84. The largest absolute Gasteiger partial charge is 0.310 e. The van der Waals surface area contributed by atoms with Gasteiger partial charge in [-0.25, -0.2) is 0 Å². The molecule has 1 heterocycles. The molecule has 2 rings (SSSR count). The topological polar surface area (TPSA) is 29.9 Å². The van der Waals surface area contributed by atoms with Gasteiger partial charge in [-0.2, -0.15) is 5.10 Å². The van der Waals surface area contributed by atoms with Crippen LogP contribution in [0, 0.1) is 16.7 Å². The number of aryl methyl sites for hydroxylation is 1. The lowest BCUT2D eigenvalue weighted by molar-refractivity contribution is 0.418. The van der Waals surface area contributed by atoms with E-state index in [0.29, 0.717) is 22.8 Å². The number of nitrogens with zero attached hydrogens (tertiary/aromatic N) is 2. The van der Waals surface area contributed by atoms with Crippen LogP contribution in [0.4, 0.5) is 0 Å². The Balaban J connectivity index is 2.26. The molecule has 3 nitrogen and oxygen atoms in total. The molecule has 0 saturated heterocycles. The molecule has 0 aromatic carbocycles. The highest BCUT2D eigenvalue weighted by Gasteiger charge is 2.67. The Morgan fingerprint density at radius 3 is 2.29 bits per heavy atom. The average molecular weight is 235 g/mol. The van der Waals surface area contributed by atoms with Crippen molar-refractivity contribution in [2.24, 2.45) is 23.8 Å². The summed E-state index contributed by atoms with van der Waals surface area (Å²) in [4.78, 5) is 0. The van der Waals surface area contributed by atoms with E-state index in [1.54, 1.807) is 0 Å². The summed E-state index contributed by atoms with van der Waals surface area (Å²) in [5, 5.41) is 7.93. The smallest absolute Gasteiger partial charge is 0.0537 e. The van der Waals surface area contributed by atoms with Crippen molar-refractivity contribution in [1.82, 2.24) is 15.1 Å². The van der Waals surface area contributed by atoms with Gasteiger partial charge in [-0.1, -0.05) is 34.6 Å². The molecule has 96 valence electrons. The third-order valence-corrected chi connectivity index (χ3v) is 4.97. The van der Waals surface area contributed by atoms with Crippen molar-refractivity contribution in [3.8, 4) is 0 Å². The van der Waals surface area contributed by atoms with Crippen LogP contribution in [0.15, 0.2) is 12.4 Å². The summed E-state index contributed by atoms with van der Waals surface area (Å²) in [6.45, 7) is 12.7. The van der Waals surface area contributed by atoms with Crippen molar-refractivity contribution < 1.29 is 0 Å². The molecule has 1 aromatic heterocycles. The minimum absolute atomic E-state index is 0.398. The average Bonchev–Trinajstić information content (AvgIpc) is 2.56.